The summed E-state index contributed by atoms with van der Waals surface area (Å²) in [6.07, 6.45) is 1.42. The summed E-state index contributed by atoms with van der Waals surface area (Å²) < 4.78 is 11.3. The highest BCUT2D eigenvalue weighted by atomic mass is 32.1. The fourth-order valence-corrected chi connectivity index (χ4v) is 2.44. The molecule has 1 aromatic heterocycles. The van der Waals surface area contributed by atoms with E-state index in [1.54, 1.807) is 7.11 Å². The van der Waals surface area contributed by atoms with Gasteiger partial charge in [-0.3, -0.25) is 9.78 Å². The Morgan fingerprint density at radius 2 is 2.00 bits per heavy atom. The molecule has 0 atom stereocenters. The van der Waals surface area contributed by atoms with E-state index in [9.17, 15) is 4.79 Å². The Morgan fingerprint density at radius 1 is 1.23 bits per heavy atom. The third-order valence-electron chi connectivity index (χ3n) is 3.33. The highest BCUT2D eigenvalue weighted by molar-refractivity contribution is 7.71. The molecule has 0 aliphatic heterocycles. The molecular formula is C16H20N2O3S. The number of hydrogen-bond donors (Lipinski definition) is 2. The van der Waals surface area contributed by atoms with E-state index in [1.165, 1.54) is 0 Å². The van der Waals surface area contributed by atoms with Crippen LogP contribution in [0, 0.1) is 11.7 Å². The van der Waals surface area contributed by atoms with Crippen LogP contribution in [0.15, 0.2) is 23.0 Å². The van der Waals surface area contributed by atoms with Crippen LogP contribution in [0.5, 0.6) is 11.5 Å². The molecule has 0 aliphatic rings. The van der Waals surface area contributed by atoms with Crippen LogP contribution in [0.25, 0.3) is 0 Å². The Morgan fingerprint density at radius 3 is 2.64 bits per heavy atom. The Hall–Kier alpha value is -2.08. The summed E-state index contributed by atoms with van der Waals surface area (Å²) in [5.41, 5.74) is 2.26. The molecule has 0 unspecified atom stereocenters. The monoisotopic (exact) mass is 320 g/mol. The molecule has 0 radical (unpaired) electrons. The number of H-pyrrole nitrogens is 2. The first-order chi connectivity index (χ1) is 10.5. The number of hydrogen-bond acceptors (Lipinski definition) is 4. The van der Waals surface area contributed by atoms with E-state index in [1.807, 2.05) is 32.0 Å². The molecule has 0 spiro atoms. The Labute approximate surface area is 134 Å². The summed E-state index contributed by atoms with van der Waals surface area (Å²) in [6, 6.07) is 5.70. The van der Waals surface area contributed by atoms with Gasteiger partial charge in [0.05, 0.1) is 13.7 Å². The van der Waals surface area contributed by atoms with Gasteiger partial charge in [0.1, 0.15) is 0 Å². The number of methoxy groups -OCH3 is 1. The van der Waals surface area contributed by atoms with E-state index in [4.69, 9.17) is 21.7 Å². The second kappa shape index (κ2) is 7.26. The maximum atomic E-state index is 12.0. The molecule has 0 saturated carbocycles. The van der Waals surface area contributed by atoms with Crippen molar-refractivity contribution >= 4 is 12.2 Å². The average Bonchev–Trinajstić information content (AvgIpc) is 2.48. The normalized spacial score (nSPS) is 10.5. The molecule has 2 aromatic rings. The van der Waals surface area contributed by atoms with Crippen LogP contribution in [-0.2, 0) is 6.42 Å². The molecular weight excluding hydrogens is 300 g/mol. The Kier molecular flexibility index (Phi) is 5.38. The molecule has 0 amide bonds. The summed E-state index contributed by atoms with van der Waals surface area (Å²) in [7, 11) is 1.61. The van der Waals surface area contributed by atoms with Crippen LogP contribution in [0.2, 0.25) is 0 Å². The molecule has 0 fully saturated rings. The van der Waals surface area contributed by atoms with E-state index in [2.05, 4.69) is 9.97 Å². The van der Waals surface area contributed by atoms with E-state index >= 15 is 0 Å². The first kappa shape index (κ1) is 16.3. The van der Waals surface area contributed by atoms with E-state index in [0.29, 0.717) is 34.9 Å². The summed E-state index contributed by atoms with van der Waals surface area (Å²) in [6.45, 7) is 4.52. The van der Waals surface area contributed by atoms with Crippen molar-refractivity contribution in [2.45, 2.75) is 26.7 Å². The third kappa shape index (κ3) is 3.76. The van der Waals surface area contributed by atoms with Gasteiger partial charge < -0.3 is 14.5 Å². The molecule has 2 rings (SSSR count). The fraction of sp³-hybridized carbons (Fsp3) is 0.375. The molecule has 1 aromatic carbocycles. The van der Waals surface area contributed by atoms with Gasteiger partial charge in [0.2, 0.25) is 0 Å². The van der Waals surface area contributed by atoms with Gasteiger partial charge in [-0.1, -0.05) is 13.0 Å². The summed E-state index contributed by atoms with van der Waals surface area (Å²) in [4.78, 5) is 17.6. The molecule has 2 N–H and O–H groups in total. The largest absolute Gasteiger partial charge is 0.493 e. The molecule has 0 bridgehead atoms. The highest BCUT2D eigenvalue weighted by Gasteiger charge is 2.10. The lowest BCUT2D eigenvalue weighted by Crippen LogP contribution is -2.16. The van der Waals surface area contributed by atoms with E-state index < -0.39 is 0 Å². The van der Waals surface area contributed by atoms with Gasteiger partial charge in [-0.2, -0.15) is 0 Å². The molecule has 22 heavy (non-hydrogen) atoms. The van der Waals surface area contributed by atoms with Gasteiger partial charge in [0.15, 0.2) is 16.3 Å². The van der Waals surface area contributed by atoms with Crippen LogP contribution in [0.3, 0.4) is 0 Å². The topological polar surface area (TPSA) is 67.1 Å². The smallest absolute Gasteiger partial charge is 0.255 e. The maximum absolute atomic E-state index is 12.0. The highest BCUT2D eigenvalue weighted by Crippen LogP contribution is 2.29. The molecule has 6 heteroatoms. The average molecular weight is 320 g/mol. The van der Waals surface area contributed by atoms with E-state index in [-0.39, 0.29) is 5.56 Å². The predicted octanol–water partition coefficient (Wildman–Crippen LogP) is 3.13. The standard InChI is InChI=1S/C16H20N2O3S/c1-4-7-21-14-9-11(5-6-13(14)20-3)8-12-10(2)17-16(22)18-15(12)19/h5-6,9H,4,7-8H2,1-3H3,(H2,17,18,19,22). The SMILES string of the molecule is CCCOc1cc(Cc2c(C)[nH]c(=S)[nH]c2=O)ccc1OC. The minimum absolute atomic E-state index is 0.159. The van der Waals surface area contributed by atoms with Crippen molar-refractivity contribution in [3.8, 4) is 11.5 Å². The van der Waals surface area contributed by atoms with Gasteiger partial charge in [-0.15, -0.1) is 0 Å². The van der Waals surface area contributed by atoms with Crippen molar-refractivity contribution in [2.24, 2.45) is 0 Å². The van der Waals surface area contributed by atoms with Crippen molar-refractivity contribution in [2.75, 3.05) is 13.7 Å². The lowest BCUT2D eigenvalue weighted by Gasteiger charge is -2.12. The predicted molar refractivity (Wildman–Crippen MR) is 88.6 cm³/mol. The number of aromatic amines is 2. The van der Waals surface area contributed by atoms with Gasteiger partial charge in [0.25, 0.3) is 5.56 Å². The number of ether oxygens (including phenoxy) is 2. The van der Waals surface area contributed by atoms with Gasteiger partial charge in [0, 0.05) is 17.7 Å². The zero-order chi connectivity index (χ0) is 16.1. The first-order valence-electron chi connectivity index (χ1n) is 7.17. The molecule has 5 nitrogen and oxygen atoms in total. The first-order valence-corrected chi connectivity index (χ1v) is 7.57. The lowest BCUT2D eigenvalue weighted by atomic mass is 10.0. The molecule has 0 saturated heterocycles. The lowest BCUT2D eigenvalue weighted by molar-refractivity contribution is 0.294. The number of aromatic nitrogens is 2. The minimum Gasteiger partial charge on any atom is -0.493 e. The van der Waals surface area contributed by atoms with Crippen molar-refractivity contribution in [1.82, 2.24) is 9.97 Å². The third-order valence-corrected chi connectivity index (χ3v) is 3.53. The van der Waals surface area contributed by atoms with Gasteiger partial charge in [-0.05, 0) is 43.3 Å². The Bertz CT molecular complexity index is 765. The number of aryl methyl sites for hydroxylation is 1. The summed E-state index contributed by atoms with van der Waals surface area (Å²) in [5, 5.41) is 0. The van der Waals surface area contributed by atoms with Gasteiger partial charge in [-0.25, -0.2) is 0 Å². The molecule has 0 aliphatic carbocycles. The number of benzene rings is 1. The molecule has 118 valence electrons. The van der Waals surface area contributed by atoms with Crippen molar-refractivity contribution in [3.05, 3.63) is 50.1 Å². The van der Waals surface area contributed by atoms with Gasteiger partial charge >= 0.3 is 0 Å². The number of rotatable bonds is 6. The van der Waals surface area contributed by atoms with Crippen LogP contribution in [-0.4, -0.2) is 23.7 Å². The second-order valence-electron chi connectivity index (χ2n) is 5.02. The zero-order valence-corrected chi connectivity index (χ0v) is 13.8. The second-order valence-corrected chi connectivity index (χ2v) is 5.43. The molecule has 1 heterocycles. The number of nitrogens with one attached hydrogen (secondary N) is 2. The summed E-state index contributed by atoms with van der Waals surface area (Å²) >= 11 is 4.97. The Balaban J connectivity index is 2.34. The van der Waals surface area contributed by atoms with Crippen molar-refractivity contribution in [3.63, 3.8) is 0 Å². The van der Waals surface area contributed by atoms with E-state index in [0.717, 1.165) is 17.7 Å². The van der Waals surface area contributed by atoms with Crippen LogP contribution >= 0.6 is 12.2 Å². The zero-order valence-electron chi connectivity index (χ0n) is 13.0. The van der Waals surface area contributed by atoms with Crippen LogP contribution in [0.4, 0.5) is 0 Å². The van der Waals surface area contributed by atoms with Crippen molar-refractivity contribution < 1.29 is 9.47 Å². The van der Waals surface area contributed by atoms with Crippen LogP contribution in [0.1, 0.15) is 30.2 Å². The quantitative estimate of drug-likeness (QED) is 0.803. The fourth-order valence-electron chi connectivity index (χ4n) is 2.20. The minimum atomic E-state index is -0.159. The maximum Gasteiger partial charge on any atom is 0.255 e. The van der Waals surface area contributed by atoms with Crippen molar-refractivity contribution in [1.29, 1.82) is 0 Å². The summed E-state index contributed by atoms with van der Waals surface area (Å²) in [5.74, 6) is 1.38. The van der Waals surface area contributed by atoms with Crippen LogP contribution < -0.4 is 15.0 Å².